The number of aliphatic hydroxyl groups is 1. The van der Waals surface area contributed by atoms with Crippen LogP contribution in [0.15, 0.2) is 30.3 Å². The van der Waals surface area contributed by atoms with E-state index in [0.717, 1.165) is 18.4 Å². The molecule has 0 spiro atoms. The molecule has 0 unspecified atom stereocenters. The average Bonchev–Trinajstić information content (AvgIpc) is 3.18. The van der Waals surface area contributed by atoms with Crippen LogP contribution in [-0.4, -0.2) is 34.7 Å². The fraction of sp³-hybridized carbons (Fsp3) is 0.500. The van der Waals surface area contributed by atoms with Crippen molar-refractivity contribution in [1.82, 2.24) is 10.2 Å². The van der Waals surface area contributed by atoms with Gasteiger partial charge in [0.25, 0.3) is 0 Å². The van der Waals surface area contributed by atoms with Crippen molar-refractivity contribution >= 4 is 6.03 Å². The number of nitrogens with zero attached hydrogens (tertiary/aromatic N) is 1. The Balaban J connectivity index is 1.46. The van der Waals surface area contributed by atoms with Crippen LogP contribution in [0.25, 0.3) is 0 Å². The lowest BCUT2D eigenvalue weighted by Gasteiger charge is -2.46. The third-order valence-electron chi connectivity index (χ3n) is 3.84. The van der Waals surface area contributed by atoms with Gasteiger partial charge in [0.1, 0.15) is 5.60 Å². The molecule has 0 radical (unpaired) electrons. The van der Waals surface area contributed by atoms with Gasteiger partial charge in [0.15, 0.2) is 0 Å². The summed E-state index contributed by atoms with van der Waals surface area (Å²) in [4.78, 5) is 13.5. The first-order chi connectivity index (χ1) is 8.67. The van der Waals surface area contributed by atoms with Gasteiger partial charge in [-0.3, -0.25) is 0 Å². The smallest absolute Gasteiger partial charge is 0.317 e. The fourth-order valence-electron chi connectivity index (χ4n) is 2.52. The van der Waals surface area contributed by atoms with E-state index >= 15 is 0 Å². The Hall–Kier alpha value is -1.55. The topological polar surface area (TPSA) is 52.6 Å². The third kappa shape index (κ3) is 2.20. The maximum Gasteiger partial charge on any atom is 0.317 e. The molecular formula is C14H18N2O2. The van der Waals surface area contributed by atoms with Gasteiger partial charge < -0.3 is 15.3 Å². The van der Waals surface area contributed by atoms with Gasteiger partial charge in [-0.15, -0.1) is 0 Å². The first-order valence-electron chi connectivity index (χ1n) is 6.46. The van der Waals surface area contributed by atoms with Crippen molar-refractivity contribution < 1.29 is 9.90 Å². The summed E-state index contributed by atoms with van der Waals surface area (Å²) in [7, 11) is 0. The largest absolute Gasteiger partial charge is 0.386 e. The Morgan fingerprint density at radius 2 is 2.00 bits per heavy atom. The standard InChI is InChI=1S/C14H18N2O2/c17-13(15-8-11-4-2-1-3-5-11)16-9-14(18,10-16)12-6-7-12/h1-5,12,18H,6-10H2,(H,15,17). The molecule has 96 valence electrons. The molecule has 0 atom stereocenters. The average molecular weight is 246 g/mol. The molecule has 0 bridgehead atoms. The molecule has 2 fully saturated rings. The lowest BCUT2D eigenvalue weighted by atomic mass is 9.89. The van der Waals surface area contributed by atoms with Crippen molar-refractivity contribution in [2.24, 2.45) is 5.92 Å². The lowest BCUT2D eigenvalue weighted by molar-refractivity contribution is -0.0918. The summed E-state index contributed by atoms with van der Waals surface area (Å²) in [6.07, 6.45) is 2.21. The summed E-state index contributed by atoms with van der Waals surface area (Å²) < 4.78 is 0. The van der Waals surface area contributed by atoms with Crippen molar-refractivity contribution in [1.29, 1.82) is 0 Å². The molecule has 1 saturated heterocycles. The first-order valence-corrected chi connectivity index (χ1v) is 6.46. The van der Waals surface area contributed by atoms with Gasteiger partial charge in [-0.05, 0) is 24.3 Å². The van der Waals surface area contributed by atoms with Gasteiger partial charge in [0.05, 0.1) is 13.1 Å². The number of rotatable bonds is 3. The number of carbonyl (C=O) groups is 1. The van der Waals surface area contributed by atoms with Crippen LogP contribution in [0, 0.1) is 5.92 Å². The number of likely N-dealkylation sites (tertiary alicyclic amines) is 1. The van der Waals surface area contributed by atoms with Crippen molar-refractivity contribution in [2.45, 2.75) is 25.0 Å². The Morgan fingerprint density at radius 1 is 1.33 bits per heavy atom. The van der Waals surface area contributed by atoms with Crippen LogP contribution in [0.4, 0.5) is 4.79 Å². The molecule has 4 nitrogen and oxygen atoms in total. The molecule has 1 aliphatic heterocycles. The van der Waals surface area contributed by atoms with E-state index in [9.17, 15) is 9.90 Å². The normalized spacial score (nSPS) is 21.3. The van der Waals surface area contributed by atoms with Gasteiger partial charge in [0.2, 0.25) is 0 Å². The number of hydrogen-bond donors (Lipinski definition) is 2. The van der Waals surface area contributed by atoms with Crippen molar-refractivity contribution in [2.75, 3.05) is 13.1 Å². The highest BCUT2D eigenvalue weighted by Gasteiger charge is 2.53. The zero-order valence-corrected chi connectivity index (χ0v) is 10.3. The molecule has 0 aromatic heterocycles. The highest BCUT2D eigenvalue weighted by atomic mass is 16.3. The molecule has 2 aliphatic rings. The zero-order valence-electron chi connectivity index (χ0n) is 10.3. The zero-order chi connectivity index (χ0) is 12.6. The number of β-amino-alcohol motifs (C(OH)–C–C–N with tert-alkyl or cyclic N) is 1. The minimum atomic E-state index is -0.593. The predicted octanol–water partition coefficient (Wildman–Crippen LogP) is 1.35. The summed E-state index contributed by atoms with van der Waals surface area (Å²) in [5.74, 6) is 0.427. The predicted molar refractivity (Wildman–Crippen MR) is 67.9 cm³/mol. The Labute approximate surface area is 107 Å². The number of nitrogens with one attached hydrogen (secondary N) is 1. The van der Waals surface area contributed by atoms with Crippen LogP contribution in [0.3, 0.4) is 0 Å². The molecule has 1 aliphatic carbocycles. The number of urea groups is 1. The number of benzene rings is 1. The maximum atomic E-state index is 11.8. The fourth-order valence-corrected chi connectivity index (χ4v) is 2.52. The van der Waals surface area contributed by atoms with E-state index in [0.29, 0.717) is 25.6 Å². The van der Waals surface area contributed by atoms with Crippen LogP contribution in [0.5, 0.6) is 0 Å². The van der Waals surface area contributed by atoms with E-state index in [2.05, 4.69) is 5.32 Å². The van der Waals surface area contributed by atoms with Gasteiger partial charge in [-0.2, -0.15) is 0 Å². The summed E-state index contributed by atoms with van der Waals surface area (Å²) in [6, 6.07) is 9.75. The van der Waals surface area contributed by atoms with Crippen LogP contribution in [0.2, 0.25) is 0 Å². The molecule has 18 heavy (non-hydrogen) atoms. The molecule has 4 heteroatoms. The summed E-state index contributed by atoms with van der Waals surface area (Å²) in [5.41, 5.74) is 0.494. The molecule has 1 saturated carbocycles. The molecule has 3 rings (SSSR count). The number of carbonyl (C=O) groups excluding carboxylic acids is 1. The van der Waals surface area contributed by atoms with E-state index in [-0.39, 0.29) is 6.03 Å². The molecule has 1 heterocycles. The van der Waals surface area contributed by atoms with E-state index < -0.39 is 5.60 Å². The molecular weight excluding hydrogens is 228 g/mol. The Kier molecular flexibility index (Phi) is 2.74. The maximum absolute atomic E-state index is 11.8. The summed E-state index contributed by atoms with van der Waals surface area (Å²) in [5, 5.41) is 13.0. The highest BCUT2D eigenvalue weighted by Crippen LogP contribution is 2.44. The van der Waals surface area contributed by atoms with E-state index in [4.69, 9.17) is 0 Å². The second-order valence-corrected chi connectivity index (χ2v) is 5.38. The SMILES string of the molecule is O=C(NCc1ccccc1)N1CC(O)(C2CC2)C1. The van der Waals surface area contributed by atoms with Crippen molar-refractivity contribution in [3.8, 4) is 0 Å². The van der Waals surface area contributed by atoms with Gasteiger partial charge in [-0.1, -0.05) is 30.3 Å². The minimum Gasteiger partial charge on any atom is -0.386 e. The van der Waals surface area contributed by atoms with Crippen LogP contribution < -0.4 is 5.32 Å². The number of amides is 2. The molecule has 2 N–H and O–H groups in total. The molecule has 1 aromatic rings. The third-order valence-corrected chi connectivity index (χ3v) is 3.84. The Bertz CT molecular complexity index is 436. The second kappa shape index (κ2) is 4.28. The monoisotopic (exact) mass is 246 g/mol. The highest BCUT2D eigenvalue weighted by molar-refractivity contribution is 5.75. The molecule has 1 aromatic carbocycles. The van der Waals surface area contributed by atoms with Crippen molar-refractivity contribution in [3.63, 3.8) is 0 Å². The summed E-state index contributed by atoms with van der Waals surface area (Å²) in [6.45, 7) is 1.51. The van der Waals surface area contributed by atoms with E-state index in [1.165, 1.54) is 0 Å². The quantitative estimate of drug-likeness (QED) is 0.846. The van der Waals surface area contributed by atoms with Crippen LogP contribution >= 0.6 is 0 Å². The van der Waals surface area contributed by atoms with E-state index in [1.807, 2.05) is 30.3 Å². The van der Waals surface area contributed by atoms with Crippen LogP contribution in [0.1, 0.15) is 18.4 Å². The molecule has 2 amide bonds. The number of hydrogen-bond acceptors (Lipinski definition) is 2. The van der Waals surface area contributed by atoms with Crippen molar-refractivity contribution in [3.05, 3.63) is 35.9 Å². The second-order valence-electron chi connectivity index (χ2n) is 5.38. The summed E-state index contributed by atoms with van der Waals surface area (Å²) >= 11 is 0. The van der Waals surface area contributed by atoms with Gasteiger partial charge in [0, 0.05) is 6.54 Å². The lowest BCUT2D eigenvalue weighted by Crippen LogP contribution is -2.66. The van der Waals surface area contributed by atoms with E-state index in [1.54, 1.807) is 4.90 Å². The van der Waals surface area contributed by atoms with Gasteiger partial charge >= 0.3 is 6.03 Å². The first kappa shape index (κ1) is 11.5. The van der Waals surface area contributed by atoms with Gasteiger partial charge in [-0.25, -0.2) is 4.79 Å². The van der Waals surface area contributed by atoms with Crippen LogP contribution in [-0.2, 0) is 6.54 Å². The minimum absolute atomic E-state index is 0.0795. The Morgan fingerprint density at radius 3 is 2.61 bits per heavy atom.